The van der Waals surface area contributed by atoms with E-state index in [0.717, 1.165) is 0 Å². The van der Waals surface area contributed by atoms with Crippen LogP contribution in [0, 0.1) is 0 Å². The Morgan fingerprint density at radius 1 is 1.11 bits per heavy atom. The Kier molecular flexibility index (Phi) is 8.54. The summed E-state index contributed by atoms with van der Waals surface area (Å²) in [6.45, 7) is 7.16. The van der Waals surface area contributed by atoms with Gasteiger partial charge in [0.15, 0.2) is 11.5 Å². The summed E-state index contributed by atoms with van der Waals surface area (Å²) >= 11 is 0. The van der Waals surface area contributed by atoms with E-state index < -0.39 is 17.7 Å². The minimum atomic E-state index is -0.781. The lowest BCUT2D eigenvalue weighted by Gasteiger charge is -2.27. The fourth-order valence-electron chi connectivity index (χ4n) is 3.91. The first-order valence-electron chi connectivity index (χ1n) is 11.4. The quantitative estimate of drug-likeness (QED) is 0.227. The molecule has 186 valence electrons. The molecule has 1 N–H and O–H groups in total. The van der Waals surface area contributed by atoms with Crippen LogP contribution in [-0.2, 0) is 9.59 Å². The predicted octanol–water partition coefficient (Wildman–Crippen LogP) is 3.64. The largest absolute Gasteiger partial charge is 0.507 e. The molecule has 0 aliphatic carbocycles. The second-order valence-corrected chi connectivity index (χ2v) is 8.26. The monoisotopic (exact) mass is 480 g/mol. The number of carbonyl (C=O) groups excluding carboxylic acids is 2. The predicted molar refractivity (Wildman–Crippen MR) is 134 cm³/mol. The highest BCUT2D eigenvalue weighted by atomic mass is 16.5. The SMILES string of the molecule is C=CCOc1ccc(/C(O)=C2\C(=O)C(=O)N(CCN(C)C)C2c2ccc(OCC)c(OC)c2)cc1. The van der Waals surface area contributed by atoms with Crippen LogP contribution in [0.3, 0.4) is 0 Å². The Bertz CT molecular complexity index is 1110. The number of Topliss-reactive ketones (excluding diaryl/α,β-unsaturated/α-hetero) is 1. The molecule has 1 aliphatic rings. The van der Waals surface area contributed by atoms with Crippen LogP contribution in [0.4, 0.5) is 0 Å². The maximum absolute atomic E-state index is 13.2. The van der Waals surface area contributed by atoms with Crippen molar-refractivity contribution in [2.45, 2.75) is 13.0 Å². The molecule has 1 atom stereocenters. The molecule has 1 heterocycles. The first-order valence-corrected chi connectivity index (χ1v) is 11.4. The zero-order valence-electron chi connectivity index (χ0n) is 20.6. The highest BCUT2D eigenvalue weighted by Crippen LogP contribution is 2.42. The normalized spacial score (nSPS) is 17.1. The number of likely N-dealkylation sites (N-methyl/N-ethyl adjacent to an activating group) is 1. The summed E-state index contributed by atoms with van der Waals surface area (Å²) in [7, 11) is 5.31. The number of hydrogen-bond acceptors (Lipinski definition) is 7. The number of amides is 1. The van der Waals surface area contributed by atoms with Crippen LogP contribution in [-0.4, -0.2) is 74.1 Å². The van der Waals surface area contributed by atoms with Crippen molar-refractivity contribution in [3.8, 4) is 17.2 Å². The van der Waals surface area contributed by atoms with Crippen molar-refractivity contribution < 1.29 is 28.9 Å². The third-order valence-electron chi connectivity index (χ3n) is 5.63. The third-order valence-corrected chi connectivity index (χ3v) is 5.63. The van der Waals surface area contributed by atoms with Gasteiger partial charge in [-0.2, -0.15) is 0 Å². The van der Waals surface area contributed by atoms with E-state index in [9.17, 15) is 14.7 Å². The summed E-state index contributed by atoms with van der Waals surface area (Å²) in [5.41, 5.74) is 1.07. The van der Waals surface area contributed by atoms with E-state index in [-0.39, 0.29) is 11.3 Å². The molecule has 1 fully saturated rings. The minimum Gasteiger partial charge on any atom is -0.507 e. The molecular formula is C27H32N2O6. The van der Waals surface area contributed by atoms with Gasteiger partial charge >= 0.3 is 0 Å². The van der Waals surface area contributed by atoms with Gasteiger partial charge in [0, 0.05) is 18.7 Å². The molecule has 0 bridgehead atoms. The summed E-state index contributed by atoms with van der Waals surface area (Å²) in [6.07, 6.45) is 1.63. The Balaban J connectivity index is 2.11. The number of carbonyl (C=O) groups is 2. The number of benzene rings is 2. The maximum Gasteiger partial charge on any atom is 0.295 e. The molecule has 1 saturated heterocycles. The lowest BCUT2D eigenvalue weighted by atomic mass is 9.95. The molecule has 1 unspecified atom stereocenters. The number of ketones is 1. The highest BCUT2D eigenvalue weighted by molar-refractivity contribution is 6.46. The lowest BCUT2D eigenvalue weighted by Crippen LogP contribution is -2.35. The molecule has 2 aromatic rings. The molecule has 0 spiro atoms. The molecule has 0 radical (unpaired) electrons. The number of hydrogen-bond donors (Lipinski definition) is 1. The highest BCUT2D eigenvalue weighted by Gasteiger charge is 2.46. The average molecular weight is 481 g/mol. The van der Waals surface area contributed by atoms with E-state index >= 15 is 0 Å². The number of nitrogens with zero attached hydrogens (tertiary/aromatic N) is 2. The Morgan fingerprint density at radius 3 is 2.43 bits per heavy atom. The number of aliphatic hydroxyl groups is 1. The zero-order chi connectivity index (χ0) is 25.5. The molecule has 8 nitrogen and oxygen atoms in total. The fraction of sp³-hybridized carbons (Fsp3) is 0.333. The van der Waals surface area contributed by atoms with E-state index in [1.165, 1.54) is 12.0 Å². The van der Waals surface area contributed by atoms with Gasteiger partial charge in [0.05, 0.1) is 25.3 Å². The van der Waals surface area contributed by atoms with Crippen molar-refractivity contribution in [1.82, 2.24) is 9.80 Å². The van der Waals surface area contributed by atoms with Gasteiger partial charge in [-0.3, -0.25) is 9.59 Å². The van der Waals surface area contributed by atoms with Crippen LogP contribution in [0.2, 0.25) is 0 Å². The second-order valence-electron chi connectivity index (χ2n) is 8.26. The Morgan fingerprint density at radius 2 is 1.83 bits per heavy atom. The maximum atomic E-state index is 13.2. The molecule has 1 aliphatic heterocycles. The molecule has 2 aromatic carbocycles. The van der Waals surface area contributed by atoms with Gasteiger partial charge in [0.25, 0.3) is 11.7 Å². The minimum absolute atomic E-state index is 0.0275. The molecule has 8 heteroatoms. The summed E-state index contributed by atoms with van der Waals surface area (Å²) in [5, 5.41) is 11.2. The van der Waals surface area contributed by atoms with Gasteiger partial charge in [0.2, 0.25) is 0 Å². The number of likely N-dealkylation sites (tertiary alicyclic amines) is 1. The Hall–Kier alpha value is -3.78. The van der Waals surface area contributed by atoms with Crippen LogP contribution >= 0.6 is 0 Å². The topological polar surface area (TPSA) is 88.5 Å². The number of rotatable bonds is 11. The molecule has 1 amide bonds. The van der Waals surface area contributed by atoms with Crippen molar-refractivity contribution in [1.29, 1.82) is 0 Å². The van der Waals surface area contributed by atoms with Gasteiger partial charge in [-0.25, -0.2) is 0 Å². The molecular weight excluding hydrogens is 448 g/mol. The van der Waals surface area contributed by atoms with Gasteiger partial charge in [-0.15, -0.1) is 0 Å². The van der Waals surface area contributed by atoms with Crippen LogP contribution < -0.4 is 14.2 Å². The van der Waals surface area contributed by atoms with E-state index in [4.69, 9.17) is 14.2 Å². The van der Waals surface area contributed by atoms with Crippen LogP contribution in [0.5, 0.6) is 17.2 Å². The van der Waals surface area contributed by atoms with E-state index in [0.29, 0.717) is 54.7 Å². The third kappa shape index (κ3) is 5.66. The lowest BCUT2D eigenvalue weighted by molar-refractivity contribution is -0.140. The molecule has 0 aromatic heterocycles. The van der Waals surface area contributed by atoms with Crippen molar-refractivity contribution in [2.75, 3.05) is 47.5 Å². The summed E-state index contributed by atoms with van der Waals surface area (Å²) in [5.74, 6) is -0.00170. The second kappa shape index (κ2) is 11.6. The fourth-order valence-corrected chi connectivity index (χ4v) is 3.91. The van der Waals surface area contributed by atoms with Crippen molar-refractivity contribution in [3.63, 3.8) is 0 Å². The van der Waals surface area contributed by atoms with Crippen LogP contribution in [0.25, 0.3) is 5.76 Å². The first kappa shape index (κ1) is 25.8. The summed E-state index contributed by atoms with van der Waals surface area (Å²) in [6, 6.07) is 11.2. The van der Waals surface area contributed by atoms with E-state index in [2.05, 4.69) is 6.58 Å². The van der Waals surface area contributed by atoms with Crippen molar-refractivity contribution >= 4 is 17.4 Å². The van der Waals surface area contributed by atoms with E-state index in [1.54, 1.807) is 48.5 Å². The van der Waals surface area contributed by atoms with Crippen molar-refractivity contribution in [3.05, 3.63) is 71.8 Å². The molecule has 3 rings (SSSR count). The van der Waals surface area contributed by atoms with Crippen LogP contribution in [0.1, 0.15) is 24.1 Å². The van der Waals surface area contributed by atoms with Crippen molar-refractivity contribution in [2.24, 2.45) is 0 Å². The summed E-state index contributed by atoms with van der Waals surface area (Å²) < 4.78 is 16.6. The standard InChI is InChI=1S/C27H32N2O6/c1-6-16-35-20-11-8-18(9-12-20)25(30)23-24(29(15-14-28(3)4)27(32)26(23)31)19-10-13-21(34-7-2)22(17-19)33-5/h6,8-13,17,24,30H,1,7,14-16H2,2-5H3/b25-23+. The van der Waals surface area contributed by atoms with Gasteiger partial charge in [-0.05, 0) is 63.0 Å². The smallest absolute Gasteiger partial charge is 0.295 e. The Labute approximate surface area is 206 Å². The molecule has 0 saturated carbocycles. The number of methoxy groups -OCH3 is 1. The average Bonchev–Trinajstić information content (AvgIpc) is 3.11. The zero-order valence-corrected chi connectivity index (χ0v) is 20.6. The van der Waals surface area contributed by atoms with Gasteiger partial charge in [-0.1, -0.05) is 18.7 Å². The number of aliphatic hydroxyl groups excluding tert-OH is 1. The van der Waals surface area contributed by atoms with Gasteiger partial charge < -0.3 is 29.1 Å². The number of ether oxygens (including phenoxy) is 3. The first-order chi connectivity index (χ1) is 16.8. The van der Waals surface area contributed by atoms with Crippen LogP contribution in [0.15, 0.2) is 60.7 Å². The van der Waals surface area contributed by atoms with E-state index in [1.807, 2.05) is 25.9 Å². The molecule has 35 heavy (non-hydrogen) atoms. The van der Waals surface area contributed by atoms with Gasteiger partial charge in [0.1, 0.15) is 18.1 Å². The summed E-state index contributed by atoms with van der Waals surface area (Å²) in [4.78, 5) is 29.7.